The monoisotopic (exact) mass is 307 g/mol. The molecule has 1 aliphatic rings. The molecule has 2 aromatic rings. The van der Waals surface area contributed by atoms with Gasteiger partial charge in [0.15, 0.2) is 17.0 Å². The molecule has 0 spiro atoms. The van der Waals surface area contributed by atoms with Crippen molar-refractivity contribution in [3.8, 4) is 0 Å². The number of imidazole rings is 1. The lowest BCUT2D eigenvalue weighted by atomic mass is 10.1. The molecular weight excluding hydrogens is 286 g/mol. The van der Waals surface area contributed by atoms with Gasteiger partial charge < -0.3 is 9.88 Å². The molecule has 3 rings (SSSR count). The van der Waals surface area contributed by atoms with Crippen molar-refractivity contribution < 1.29 is 0 Å². The maximum Gasteiger partial charge on any atom is 0.226 e. The molecule has 114 valence electrons. The lowest BCUT2D eigenvalue weighted by Gasteiger charge is -2.13. The van der Waals surface area contributed by atoms with Crippen molar-refractivity contribution >= 4 is 28.6 Å². The lowest BCUT2D eigenvalue weighted by Crippen LogP contribution is -2.12. The molecule has 0 aromatic carbocycles. The Labute approximate surface area is 130 Å². The molecule has 0 radical (unpaired) electrons. The first-order chi connectivity index (χ1) is 10.2. The summed E-state index contributed by atoms with van der Waals surface area (Å²) >= 11 is 6.11. The smallest absolute Gasteiger partial charge is 0.226 e. The Hall–Kier alpha value is -1.36. The molecule has 0 bridgehead atoms. The average molecular weight is 308 g/mol. The van der Waals surface area contributed by atoms with Gasteiger partial charge in [-0.3, -0.25) is 0 Å². The van der Waals surface area contributed by atoms with Crippen LogP contribution in [0.4, 0.5) is 5.82 Å². The van der Waals surface area contributed by atoms with Crippen LogP contribution in [-0.4, -0.2) is 26.1 Å². The second kappa shape index (κ2) is 6.18. The zero-order chi connectivity index (χ0) is 14.8. The quantitative estimate of drug-likeness (QED) is 0.847. The van der Waals surface area contributed by atoms with Gasteiger partial charge in [-0.05, 0) is 30.4 Å². The van der Waals surface area contributed by atoms with Crippen LogP contribution >= 0.6 is 11.6 Å². The predicted molar refractivity (Wildman–Crippen MR) is 85.8 cm³/mol. The summed E-state index contributed by atoms with van der Waals surface area (Å²) in [4.78, 5) is 13.2. The summed E-state index contributed by atoms with van der Waals surface area (Å²) in [6.45, 7) is 5.27. The second-order valence-electron chi connectivity index (χ2n) is 6.00. The van der Waals surface area contributed by atoms with E-state index in [-0.39, 0.29) is 5.28 Å². The molecule has 1 atom stereocenters. The van der Waals surface area contributed by atoms with Gasteiger partial charge in [0.1, 0.15) is 0 Å². The SMILES string of the molecule is CC[C@H](C)CNc1nc(Cl)nc2c1ncn2C1CCCC1. The fourth-order valence-electron chi connectivity index (χ4n) is 2.88. The minimum Gasteiger partial charge on any atom is -0.368 e. The van der Waals surface area contributed by atoms with Crippen molar-refractivity contribution in [1.29, 1.82) is 0 Å². The Morgan fingerprint density at radius 2 is 2.14 bits per heavy atom. The van der Waals surface area contributed by atoms with Crippen LogP contribution in [0.3, 0.4) is 0 Å². The van der Waals surface area contributed by atoms with Gasteiger partial charge >= 0.3 is 0 Å². The highest BCUT2D eigenvalue weighted by Gasteiger charge is 2.21. The number of aromatic nitrogens is 4. The van der Waals surface area contributed by atoms with E-state index in [4.69, 9.17) is 11.6 Å². The van der Waals surface area contributed by atoms with E-state index < -0.39 is 0 Å². The van der Waals surface area contributed by atoms with Gasteiger partial charge in [0, 0.05) is 12.6 Å². The van der Waals surface area contributed by atoms with E-state index in [1.54, 1.807) is 0 Å². The van der Waals surface area contributed by atoms with Crippen LogP contribution in [0.2, 0.25) is 5.28 Å². The van der Waals surface area contributed by atoms with Crippen molar-refractivity contribution in [2.24, 2.45) is 5.92 Å². The van der Waals surface area contributed by atoms with E-state index in [2.05, 4.69) is 38.7 Å². The summed E-state index contributed by atoms with van der Waals surface area (Å²) in [5.41, 5.74) is 1.68. The molecule has 6 heteroatoms. The third kappa shape index (κ3) is 2.98. The average Bonchev–Trinajstić information content (AvgIpc) is 3.12. The van der Waals surface area contributed by atoms with E-state index in [1.165, 1.54) is 25.7 Å². The highest BCUT2D eigenvalue weighted by atomic mass is 35.5. The van der Waals surface area contributed by atoms with Crippen LogP contribution in [0.1, 0.15) is 52.0 Å². The number of halogens is 1. The van der Waals surface area contributed by atoms with Crippen LogP contribution in [0.25, 0.3) is 11.2 Å². The molecule has 1 saturated carbocycles. The summed E-state index contributed by atoms with van der Waals surface area (Å²) in [6.07, 6.45) is 7.97. The molecule has 1 N–H and O–H groups in total. The van der Waals surface area contributed by atoms with Gasteiger partial charge in [-0.2, -0.15) is 9.97 Å². The zero-order valence-electron chi connectivity index (χ0n) is 12.6. The Morgan fingerprint density at radius 3 is 2.86 bits per heavy atom. The molecule has 0 saturated heterocycles. The molecule has 2 aromatic heterocycles. The van der Waals surface area contributed by atoms with Crippen molar-refractivity contribution in [2.45, 2.75) is 52.0 Å². The van der Waals surface area contributed by atoms with Crippen LogP contribution < -0.4 is 5.32 Å². The highest BCUT2D eigenvalue weighted by Crippen LogP contribution is 2.32. The van der Waals surface area contributed by atoms with Gasteiger partial charge in [-0.1, -0.05) is 33.1 Å². The fourth-order valence-corrected chi connectivity index (χ4v) is 3.04. The molecular formula is C15H22ClN5. The number of rotatable bonds is 5. The predicted octanol–water partition coefficient (Wildman–Crippen LogP) is 4.05. The summed E-state index contributed by atoms with van der Waals surface area (Å²) in [5, 5.41) is 3.66. The van der Waals surface area contributed by atoms with Crippen LogP contribution in [0.5, 0.6) is 0 Å². The van der Waals surface area contributed by atoms with E-state index in [0.29, 0.717) is 12.0 Å². The van der Waals surface area contributed by atoms with Crippen molar-refractivity contribution in [3.05, 3.63) is 11.6 Å². The Kier molecular flexibility index (Phi) is 4.29. The standard InChI is InChI=1S/C15H22ClN5/c1-3-10(2)8-17-13-12-14(20-15(16)19-13)21(9-18-12)11-6-4-5-7-11/h9-11H,3-8H2,1-2H3,(H,17,19,20)/t10-/m0/s1. The maximum atomic E-state index is 6.11. The molecule has 5 nitrogen and oxygen atoms in total. The number of fused-ring (bicyclic) bond motifs is 1. The largest absolute Gasteiger partial charge is 0.368 e. The molecule has 21 heavy (non-hydrogen) atoms. The normalized spacial score (nSPS) is 17.5. The lowest BCUT2D eigenvalue weighted by molar-refractivity contribution is 0.529. The minimum absolute atomic E-state index is 0.286. The topological polar surface area (TPSA) is 55.6 Å². The second-order valence-corrected chi connectivity index (χ2v) is 6.34. The molecule has 0 aliphatic heterocycles. The van der Waals surface area contributed by atoms with Crippen LogP contribution in [0, 0.1) is 5.92 Å². The number of anilines is 1. The molecule has 1 aliphatic carbocycles. The maximum absolute atomic E-state index is 6.11. The van der Waals surface area contributed by atoms with Crippen molar-refractivity contribution in [2.75, 3.05) is 11.9 Å². The summed E-state index contributed by atoms with van der Waals surface area (Å²) in [7, 11) is 0. The van der Waals surface area contributed by atoms with Gasteiger partial charge in [0.2, 0.25) is 5.28 Å². The fraction of sp³-hybridized carbons (Fsp3) is 0.667. The van der Waals surface area contributed by atoms with E-state index >= 15 is 0 Å². The summed E-state index contributed by atoms with van der Waals surface area (Å²) < 4.78 is 2.17. The molecule has 0 amide bonds. The Morgan fingerprint density at radius 1 is 1.38 bits per heavy atom. The van der Waals surface area contributed by atoms with Crippen molar-refractivity contribution in [1.82, 2.24) is 19.5 Å². The third-order valence-corrected chi connectivity index (χ3v) is 4.60. The van der Waals surface area contributed by atoms with E-state index in [1.807, 2.05) is 6.33 Å². The van der Waals surface area contributed by atoms with Gasteiger partial charge in [-0.25, -0.2) is 4.98 Å². The third-order valence-electron chi connectivity index (χ3n) is 4.43. The van der Waals surface area contributed by atoms with E-state index in [0.717, 1.165) is 29.9 Å². The molecule has 1 fully saturated rings. The number of hydrogen-bond acceptors (Lipinski definition) is 4. The number of nitrogens with zero attached hydrogens (tertiary/aromatic N) is 4. The van der Waals surface area contributed by atoms with Crippen molar-refractivity contribution in [3.63, 3.8) is 0 Å². The van der Waals surface area contributed by atoms with Crippen LogP contribution in [-0.2, 0) is 0 Å². The minimum atomic E-state index is 0.286. The Bertz CT molecular complexity index is 618. The highest BCUT2D eigenvalue weighted by molar-refractivity contribution is 6.28. The first kappa shape index (κ1) is 14.6. The first-order valence-electron chi connectivity index (χ1n) is 7.83. The first-order valence-corrected chi connectivity index (χ1v) is 8.20. The number of hydrogen-bond donors (Lipinski definition) is 1. The van der Waals surface area contributed by atoms with Crippen LogP contribution in [0.15, 0.2) is 6.33 Å². The molecule has 2 heterocycles. The van der Waals surface area contributed by atoms with Gasteiger partial charge in [-0.15, -0.1) is 0 Å². The number of nitrogens with one attached hydrogen (secondary N) is 1. The van der Waals surface area contributed by atoms with Gasteiger partial charge in [0.05, 0.1) is 6.33 Å². The zero-order valence-corrected chi connectivity index (χ0v) is 13.4. The molecule has 0 unspecified atom stereocenters. The summed E-state index contributed by atoms with van der Waals surface area (Å²) in [5.74, 6) is 1.34. The summed E-state index contributed by atoms with van der Waals surface area (Å²) in [6, 6.07) is 0.503. The van der Waals surface area contributed by atoms with Gasteiger partial charge in [0.25, 0.3) is 0 Å². The van der Waals surface area contributed by atoms with E-state index in [9.17, 15) is 0 Å². The Balaban J connectivity index is 1.93.